The zero-order chi connectivity index (χ0) is 22.6. The van der Waals surface area contributed by atoms with Gasteiger partial charge < -0.3 is 5.32 Å². The summed E-state index contributed by atoms with van der Waals surface area (Å²) in [5.41, 5.74) is 3.26. The zero-order valence-electron chi connectivity index (χ0n) is 18.5. The Kier molecular flexibility index (Phi) is 8.07. The minimum atomic E-state index is -3.68. The maximum atomic E-state index is 13.2. The first kappa shape index (κ1) is 24.4. The molecule has 166 valence electrons. The van der Waals surface area contributed by atoms with Crippen molar-refractivity contribution in [3.63, 3.8) is 0 Å². The van der Waals surface area contributed by atoms with E-state index in [1.165, 1.54) is 8.99 Å². The largest absolute Gasteiger partial charge is 0.323 e. The van der Waals surface area contributed by atoms with Gasteiger partial charge in [0.05, 0.1) is 22.1 Å². The highest BCUT2D eigenvalue weighted by Gasteiger charge is 2.30. The number of sulfonamides is 1. The third-order valence-electron chi connectivity index (χ3n) is 4.85. The molecule has 2 aromatic rings. The van der Waals surface area contributed by atoms with Crippen molar-refractivity contribution in [1.29, 1.82) is 0 Å². The first-order valence-corrected chi connectivity index (χ1v) is 11.9. The Bertz CT molecular complexity index is 1000. The lowest BCUT2D eigenvalue weighted by molar-refractivity contribution is -0.116. The second-order valence-corrected chi connectivity index (χ2v) is 9.83. The van der Waals surface area contributed by atoms with Crippen molar-refractivity contribution in [3.05, 3.63) is 39.7 Å². The van der Waals surface area contributed by atoms with Crippen LogP contribution in [0.4, 0.5) is 5.69 Å². The molecular formula is C21H31ClN4O3S. The van der Waals surface area contributed by atoms with Gasteiger partial charge in [-0.3, -0.25) is 9.48 Å². The lowest BCUT2D eigenvalue weighted by atomic mass is 10.1. The number of aromatic nitrogens is 2. The summed E-state index contributed by atoms with van der Waals surface area (Å²) in [6.07, 6.45) is 1.45. The molecular weight excluding hydrogens is 424 g/mol. The third-order valence-corrected chi connectivity index (χ3v) is 7.30. The van der Waals surface area contributed by atoms with Crippen molar-refractivity contribution in [1.82, 2.24) is 14.1 Å². The Balaban J connectivity index is 2.30. The molecule has 0 aliphatic heterocycles. The molecule has 0 atom stereocenters. The first-order valence-electron chi connectivity index (χ1n) is 10.1. The molecule has 0 fully saturated rings. The van der Waals surface area contributed by atoms with E-state index in [1.54, 1.807) is 19.9 Å². The van der Waals surface area contributed by atoms with Gasteiger partial charge in [-0.25, -0.2) is 8.42 Å². The van der Waals surface area contributed by atoms with Crippen LogP contribution >= 0.6 is 11.6 Å². The fourth-order valence-electron chi connectivity index (χ4n) is 3.58. The number of nitrogens with one attached hydrogen (secondary N) is 1. The smallest absolute Gasteiger partial charge is 0.246 e. The van der Waals surface area contributed by atoms with Crippen LogP contribution in [0.1, 0.15) is 49.2 Å². The zero-order valence-corrected chi connectivity index (χ0v) is 20.1. The van der Waals surface area contributed by atoms with Gasteiger partial charge in [-0.1, -0.05) is 31.5 Å². The number of carbonyl (C=O) groups excluding carboxylic acids is 1. The number of aryl methyl sites for hydroxylation is 3. The molecule has 0 spiro atoms. The highest BCUT2D eigenvalue weighted by Crippen LogP contribution is 2.28. The molecule has 2 rings (SSSR count). The molecule has 0 saturated carbocycles. The molecule has 0 unspecified atom stereocenters. The minimum absolute atomic E-state index is 0.104. The van der Waals surface area contributed by atoms with E-state index in [-0.39, 0.29) is 17.3 Å². The van der Waals surface area contributed by atoms with E-state index >= 15 is 0 Å². The van der Waals surface area contributed by atoms with Crippen molar-refractivity contribution in [2.45, 2.75) is 65.8 Å². The fourth-order valence-corrected chi connectivity index (χ4v) is 5.94. The van der Waals surface area contributed by atoms with E-state index in [2.05, 4.69) is 10.4 Å². The van der Waals surface area contributed by atoms with Gasteiger partial charge in [-0.2, -0.15) is 9.40 Å². The molecule has 0 aliphatic carbocycles. The van der Waals surface area contributed by atoms with Crippen molar-refractivity contribution in [2.75, 3.05) is 18.4 Å². The Morgan fingerprint density at radius 1 is 1.13 bits per heavy atom. The van der Waals surface area contributed by atoms with Crippen molar-refractivity contribution in [2.24, 2.45) is 0 Å². The molecule has 1 heterocycles. The van der Waals surface area contributed by atoms with E-state index in [0.717, 1.165) is 24.0 Å². The molecule has 0 saturated heterocycles. The maximum absolute atomic E-state index is 13.2. The highest BCUT2D eigenvalue weighted by atomic mass is 35.5. The molecule has 0 aliphatic rings. The van der Waals surface area contributed by atoms with Gasteiger partial charge in [0.25, 0.3) is 0 Å². The van der Waals surface area contributed by atoms with Gasteiger partial charge in [0.1, 0.15) is 11.4 Å². The molecule has 0 bridgehead atoms. The highest BCUT2D eigenvalue weighted by molar-refractivity contribution is 7.89. The number of hydrogen-bond acceptors (Lipinski definition) is 4. The number of halogens is 1. The lowest BCUT2D eigenvalue weighted by Gasteiger charge is -2.21. The van der Waals surface area contributed by atoms with E-state index in [1.807, 2.05) is 33.8 Å². The predicted octanol–water partition coefficient (Wildman–Crippen LogP) is 4.22. The minimum Gasteiger partial charge on any atom is -0.323 e. The van der Waals surface area contributed by atoms with Gasteiger partial charge >= 0.3 is 0 Å². The monoisotopic (exact) mass is 454 g/mol. The second-order valence-electron chi connectivity index (χ2n) is 7.55. The molecule has 7 nitrogen and oxygen atoms in total. The molecule has 1 amide bonds. The van der Waals surface area contributed by atoms with Gasteiger partial charge in [0.15, 0.2) is 0 Å². The summed E-state index contributed by atoms with van der Waals surface area (Å²) in [4.78, 5) is 12.8. The van der Waals surface area contributed by atoms with E-state index in [9.17, 15) is 13.2 Å². The van der Waals surface area contributed by atoms with Crippen LogP contribution in [0.2, 0.25) is 5.02 Å². The summed E-state index contributed by atoms with van der Waals surface area (Å²) < 4.78 is 29.4. The van der Waals surface area contributed by atoms with Crippen LogP contribution in [0.3, 0.4) is 0 Å². The molecule has 9 heteroatoms. The fraction of sp³-hybridized carbons (Fsp3) is 0.524. The molecule has 30 heavy (non-hydrogen) atoms. The number of carbonyl (C=O) groups is 1. The van der Waals surface area contributed by atoms with Gasteiger partial charge in [0, 0.05) is 13.1 Å². The first-order chi connectivity index (χ1) is 14.0. The summed E-state index contributed by atoms with van der Waals surface area (Å²) in [6, 6.07) is 3.72. The standard InChI is InChI=1S/C21H31ClN4O3S/c1-7-9-25(10-8-2)30(28,29)21-16(5)24-26(17(21)6)13-19(27)23-20-15(4)11-14(3)12-18(20)22/h11-12H,7-10,13H2,1-6H3,(H,23,27). The summed E-state index contributed by atoms with van der Waals surface area (Å²) in [5, 5.41) is 7.62. The Hall–Kier alpha value is -1.90. The van der Waals surface area contributed by atoms with Crippen LogP contribution in [-0.4, -0.2) is 41.5 Å². The number of nitrogens with zero attached hydrogens (tertiary/aromatic N) is 3. The molecule has 0 radical (unpaired) electrons. The van der Waals surface area contributed by atoms with E-state index in [0.29, 0.717) is 35.2 Å². The second kappa shape index (κ2) is 9.94. The molecule has 1 N–H and O–H groups in total. The van der Waals surface area contributed by atoms with Crippen LogP contribution in [0.5, 0.6) is 0 Å². The van der Waals surface area contributed by atoms with Gasteiger partial charge in [0.2, 0.25) is 15.9 Å². The topological polar surface area (TPSA) is 84.3 Å². The van der Waals surface area contributed by atoms with Crippen LogP contribution in [-0.2, 0) is 21.4 Å². The molecule has 1 aromatic carbocycles. The average Bonchev–Trinajstić information content (AvgIpc) is 2.91. The number of rotatable bonds is 9. The third kappa shape index (κ3) is 5.22. The Morgan fingerprint density at radius 3 is 2.27 bits per heavy atom. The number of amides is 1. The molecule has 1 aromatic heterocycles. The van der Waals surface area contributed by atoms with Crippen LogP contribution in [0, 0.1) is 27.7 Å². The summed E-state index contributed by atoms with van der Waals surface area (Å²) in [7, 11) is -3.68. The van der Waals surface area contributed by atoms with Crippen LogP contribution in [0.15, 0.2) is 17.0 Å². The average molecular weight is 455 g/mol. The summed E-state index contributed by atoms with van der Waals surface area (Å²) in [5.74, 6) is -0.322. The van der Waals surface area contributed by atoms with Gasteiger partial charge in [-0.15, -0.1) is 0 Å². The van der Waals surface area contributed by atoms with Gasteiger partial charge in [-0.05, 0) is 57.7 Å². The van der Waals surface area contributed by atoms with Crippen molar-refractivity contribution >= 4 is 33.2 Å². The predicted molar refractivity (Wildman–Crippen MR) is 121 cm³/mol. The van der Waals surface area contributed by atoms with Crippen molar-refractivity contribution in [3.8, 4) is 0 Å². The number of anilines is 1. The van der Waals surface area contributed by atoms with E-state index < -0.39 is 10.0 Å². The van der Waals surface area contributed by atoms with E-state index in [4.69, 9.17) is 11.6 Å². The maximum Gasteiger partial charge on any atom is 0.246 e. The number of benzene rings is 1. The SMILES string of the molecule is CCCN(CCC)S(=O)(=O)c1c(C)nn(CC(=O)Nc2c(C)cc(C)cc2Cl)c1C. The Morgan fingerprint density at radius 2 is 1.73 bits per heavy atom. The number of hydrogen-bond donors (Lipinski definition) is 1. The Labute approximate surface area is 184 Å². The van der Waals surface area contributed by atoms with Crippen LogP contribution < -0.4 is 5.32 Å². The lowest BCUT2D eigenvalue weighted by Crippen LogP contribution is -2.33. The summed E-state index contributed by atoms with van der Waals surface area (Å²) in [6.45, 7) is 11.8. The van der Waals surface area contributed by atoms with Crippen molar-refractivity contribution < 1.29 is 13.2 Å². The van der Waals surface area contributed by atoms with Crippen LogP contribution in [0.25, 0.3) is 0 Å². The quantitative estimate of drug-likeness (QED) is 0.614. The summed E-state index contributed by atoms with van der Waals surface area (Å²) >= 11 is 6.27. The normalized spacial score (nSPS) is 11.9.